The summed E-state index contributed by atoms with van der Waals surface area (Å²) in [6.07, 6.45) is 0.447. The Hall–Kier alpha value is -3.29. The van der Waals surface area contributed by atoms with Crippen LogP contribution in [-0.2, 0) is 11.2 Å². The highest BCUT2D eigenvalue weighted by Crippen LogP contribution is 2.20. The van der Waals surface area contributed by atoms with Crippen LogP contribution in [0.2, 0.25) is 0 Å². The molecule has 0 aliphatic rings. The molecule has 0 aliphatic heterocycles. The van der Waals surface area contributed by atoms with Crippen molar-refractivity contribution in [1.82, 2.24) is 25.5 Å². The zero-order valence-electron chi connectivity index (χ0n) is 14.5. The van der Waals surface area contributed by atoms with Gasteiger partial charge in [0, 0.05) is 30.1 Å². The van der Waals surface area contributed by atoms with E-state index in [2.05, 4.69) is 25.5 Å². The number of carbonyl (C=O) groups is 1. The van der Waals surface area contributed by atoms with Crippen molar-refractivity contribution in [2.45, 2.75) is 26.2 Å². The second kappa shape index (κ2) is 7.30. The Bertz CT molecular complexity index is 1070. The monoisotopic (exact) mass is 353 g/mol. The third-order valence-corrected chi connectivity index (χ3v) is 4.12. The maximum absolute atomic E-state index is 12.5. The van der Waals surface area contributed by atoms with Crippen LogP contribution in [-0.4, -0.2) is 32.6 Å². The SMILES string of the molecule is Cc1nc(CCNC(=O)C(C)c2n[nH]c(=O)c3ccccc23)cc(=O)[nH]1. The molecule has 1 atom stereocenters. The average molecular weight is 353 g/mol. The molecule has 1 unspecified atom stereocenters. The van der Waals surface area contributed by atoms with E-state index in [1.165, 1.54) is 6.07 Å². The molecule has 3 rings (SSSR count). The van der Waals surface area contributed by atoms with Crippen molar-refractivity contribution in [2.24, 2.45) is 0 Å². The topological polar surface area (TPSA) is 121 Å². The number of fused-ring (bicyclic) bond motifs is 1. The summed E-state index contributed by atoms with van der Waals surface area (Å²) >= 11 is 0. The van der Waals surface area contributed by atoms with E-state index in [0.29, 0.717) is 41.0 Å². The quantitative estimate of drug-likeness (QED) is 0.626. The molecule has 3 aromatic rings. The first-order chi connectivity index (χ1) is 12.5. The van der Waals surface area contributed by atoms with Crippen molar-refractivity contribution in [3.05, 3.63) is 68.3 Å². The van der Waals surface area contributed by atoms with Gasteiger partial charge in [0.25, 0.3) is 11.1 Å². The largest absolute Gasteiger partial charge is 0.355 e. The van der Waals surface area contributed by atoms with Crippen LogP contribution in [0, 0.1) is 6.92 Å². The number of nitrogens with one attached hydrogen (secondary N) is 3. The molecule has 3 N–H and O–H groups in total. The van der Waals surface area contributed by atoms with Crippen LogP contribution in [0.15, 0.2) is 39.9 Å². The van der Waals surface area contributed by atoms with Crippen LogP contribution < -0.4 is 16.4 Å². The van der Waals surface area contributed by atoms with Crippen molar-refractivity contribution in [3.63, 3.8) is 0 Å². The number of H-pyrrole nitrogens is 2. The third-order valence-electron chi connectivity index (χ3n) is 4.12. The Morgan fingerprint density at radius 2 is 1.96 bits per heavy atom. The third kappa shape index (κ3) is 3.69. The van der Waals surface area contributed by atoms with Gasteiger partial charge in [0.05, 0.1) is 17.0 Å². The lowest BCUT2D eigenvalue weighted by Gasteiger charge is -2.13. The number of amides is 1. The molecule has 0 bridgehead atoms. The fourth-order valence-electron chi connectivity index (χ4n) is 2.83. The highest BCUT2D eigenvalue weighted by atomic mass is 16.2. The zero-order valence-corrected chi connectivity index (χ0v) is 14.5. The van der Waals surface area contributed by atoms with Crippen molar-refractivity contribution >= 4 is 16.7 Å². The Morgan fingerprint density at radius 1 is 1.23 bits per heavy atom. The summed E-state index contributed by atoms with van der Waals surface area (Å²) < 4.78 is 0. The predicted molar refractivity (Wildman–Crippen MR) is 97.1 cm³/mol. The molecule has 26 heavy (non-hydrogen) atoms. The first-order valence-corrected chi connectivity index (χ1v) is 8.27. The highest BCUT2D eigenvalue weighted by molar-refractivity contribution is 5.90. The molecule has 2 heterocycles. The molecule has 0 saturated heterocycles. The van der Waals surface area contributed by atoms with E-state index in [-0.39, 0.29) is 17.0 Å². The van der Waals surface area contributed by atoms with Crippen LogP contribution in [0.25, 0.3) is 10.8 Å². The van der Waals surface area contributed by atoms with Crippen molar-refractivity contribution < 1.29 is 4.79 Å². The van der Waals surface area contributed by atoms with Gasteiger partial charge in [-0.2, -0.15) is 5.10 Å². The van der Waals surface area contributed by atoms with Gasteiger partial charge >= 0.3 is 0 Å². The van der Waals surface area contributed by atoms with Crippen molar-refractivity contribution in [2.75, 3.05) is 6.54 Å². The molecule has 8 heteroatoms. The number of rotatable bonds is 5. The summed E-state index contributed by atoms with van der Waals surface area (Å²) in [4.78, 5) is 42.6. The lowest BCUT2D eigenvalue weighted by molar-refractivity contribution is -0.122. The van der Waals surface area contributed by atoms with Crippen molar-refractivity contribution in [1.29, 1.82) is 0 Å². The fraction of sp³-hybridized carbons (Fsp3) is 0.278. The molecule has 0 radical (unpaired) electrons. The van der Waals surface area contributed by atoms with E-state index in [4.69, 9.17) is 0 Å². The molecule has 0 saturated carbocycles. The van der Waals surface area contributed by atoms with Crippen LogP contribution in [0.3, 0.4) is 0 Å². The minimum Gasteiger partial charge on any atom is -0.355 e. The Kier molecular flexibility index (Phi) is 4.92. The molecule has 2 aromatic heterocycles. The fourth-order valence-corrected chi connectivity index (χ4v) is 2.83. The van der Waals surface area contributed by atoms with Gasteiger partial charge in [-0.05, 0) is 19.9 Å². The van der Waals surface area contributed by atoms with Gasteiger partial charge in [-0.25, -0.2) is 10.1 Å². The number of hydrogen-bond acceptors (Lipinski definition) is 5. The van der Waals surface area contributed by atoms with Gasteiger partial charge in [-0.1, -0.05) is 18.2 Å². The van der Waals surface area contributed by atoms with Gasteiger partial charge in [0.15, 0.2) is 0 Å². The van der Waals surface area contributed by atoms with E-state index < -0.39 is 5.92 Å². The van der Waals surface area contributed by atoms with E-state index in [1.807, 2.05) is 0 Å². The van der Waals surface area contributed by atoms with Gasteiger partial charge in [0.1, 0.15) is 5.82 Å². The van der Waals surface area contributed by atoms with Crippen LogP contribution in [0.4, 0.5) is 0 Å². The van der Waals surface area contributed by atoms with Crippen LogP contribution >= 0.6 is 0 Å². The van der Waals surface area contributed by atoms with E-state index >= 15 is 0 Å². The molecular formula is C18H19N5O3. The Morgan fingerprint density at radius 3 is 2.69 bits per heavy atom. The molecule has 1 aromatic carbocycles. The normalized spacial score (nSPS) is 12.1. The van der Waals surface area contributed by atoms with Gasteiger partial charge in [-0.3, -0.25) is 14.4 Å². The first-order valence-electron chi connectivity index (χ1n) is 8.27. The van der Waals surface area contributed by atoms with Crippen LogP contribution in [0.1, 0.15) is 30.1 Å². The molecular weight excluding hydrogens is 334 g/mol. The second-order valence-corrected chi connectivity index (χ2v) is 6.07. The van der Waals surface area contributed by atoms with E-state index in [9.17, 15) is 14.4 Å². The lowest BCUT2D eigenvalue weighted by atomic mass is 10.0. The van der Waals surface area contributed by atoms with Gasteiger partial charge in [-0.15, -0.1) is 0 Å². The van der Waals surface area contributed by atoms with Crippen molar-refractivity contribution in [3.8, 4) is 0 Å². The zero-order chi connectivity index (χ0) is 18.7. The molecule has 0 fully saturated rings. The molecule has 134 valence electrons. The van der Waals surface area contributed by atoms with Crippen LogP contribution in [0.5, 0.6) is 0 Å². The molecule has 0 aliphatic carbocycles. The number of nitrogens with zero attached hydrogens (tertiary/aromatic N) is 2. The number of aryl methyl sites for hydroxylation is 1. The number of benzene rings is 1. The van der Waals surface area contributed by atoms with E-state index in [0.717, 1.165) is 0 Å². The predicted octanol–water partition coefficient (Wildman–Crippen LogP) is 0.777. The summed E-state index contributed by atoms with van der Waals surface area (Å²) in [6.45, 7) is 3.79. The molecule has 1 amide bonds. The molecule has 8 nitrogen and oxygen atoms in total. The first kappa shape index (κ1) is 17.5. The second-order valence-electron chi connectivity index (χ2n) is 6.07. The Labute approximate surface area is 148 Å². The van der Waals surface area contributed by atoms with E-state index in [1.54, 1.807) is 38.1 Å². The summed E-state index contributed by atoms with van der Waals surface area (Å²) in [7, 11) is 0. The standard InChI is InChI=1S/C18H19N5O3/c1-10(16-13-5-3-4-6-14(13)18(26)23-22-16)17(25)19-8-7-12-9-15(24)21-11(2)20-12/h3-6,9-10H,7-8H2,1-2H3,(H,19,25)(H,23,26)(H,20,21,24). The van der Waals surface area contributed by atoms with Gasteiger partial charge < -0.3 is 10.3 Å². The number of aromatic amines is 2. The maximum atomic E-state index is 12.5. The minimum absolute atomic E-state index is 0.212. The number of carbonyl (C=O) groups excluding carboxylic acids is 1. The summed E-state index contributed by atoms with van der Waals surface area (Å²) in [6, 6.07) is 8.46. The molecule has 0 spiro atoms. The van der Waals surface area contributed by atoms with Gasteiger partial charge in [0.2, 0.25) is 5.91 Å². The summed E-state index contributed by atoms with van der Waals surface area (Å²) in [5, 5.41) is 10.5. The number of hydrogen-bond donors (Lipinski definition) is 3. The number of aromatic nitrogens is 4. The smallest absolute Gasteiger partial charge is 0.272 e. The Balaban J connectivity index is 1.71. The minimum atomic E-state index is -0.536. The maximum Gasteiger partial charge on any atom is 0.272 e. The highest BCUT2D eigenvalue weighted by Gasteiger charge is 2.20. The summed E-state index contributed by atoms with van der Waals surface area (Å²) in [5.41, 5.74) is 0.637. The lowest BCUT2D eigenvalue weighted by Crippen LogP contribution is -2.31. The summed E-state index contributed by atoms with van der Waals surface area (Å²) in [5.74, 6) is -0.210. The average Bonchev–Trinajstić information content (AvgIpc) is 2.61.